The maximum absolute atomic E-state index is 8.65. The molecule has 0 amide bonds. The predicted molar refractivity (Wildman–Crippen MR) is 50.1 cm³/mol. The van der Waals surface area contributed by atoms with Crippen LogP contribution in [0.25, 0.3) is 0 Å². The lowest BCUT2D eigenvalue weighted by Gasteiger charge is -2.09. The van der Waals surface area contributed by atoms with Gasteiger partial charge in [0.15, 0.2) is 0 Å². The minimum Gasteiger partial charge on any atom is -0.396 e. The van der Waals surface area contributed by atoms with Crippen LogP contribution in [0.2, 0.25) is 5.02 Å². The zero-order chi connectivity index (χ0) is 8.97. The molecule has 1 atom stereocenters. The summed E-state index contributed by atoms with van der Waals surface area (Å²) in [6.07, 6.45) is 0.570. The molecule has 0 aromatic heterocycles. The summed E-state index contributed by atoms with van der Waals surface area (Å²) in [5.74, 6) is 0. The van der Waals surface area contributed by atoms with Crippen LogP contribution in [0.15, 0.2) is 24.3 Å². The highest BCUT2D eigenvalue weighted by molar-refractivity contribution is 6.30. The molecular weight excluding hydrogens is 174 g/mol. The highest BCUT2D eigenvalue weighted by Gasteiger charge is 2.04. The van der Waals surface area contributed by atoms with Crippen LogP contribution in [0.5, 0.6) is 0 Å². The number of aliphatic hydroxyl groups is 1. The van der Waals surface area contributed by atoms with Gasteiger partial charge in [0.1, 0.15) is 0 Å². The summed E-state index contributed by atoms with van der Waals surface area (Å²) >= 11 is 5.77. The van der Waals surface area contributed by atoms with Crippen LogP contribution in [-0.4, -0.2) is 11.7 Å². The number of nitrogens with two attached hydrogens (primary N) is 1. The van der Waals surface area contributed by atoms with E-state index in [4.69, 9.17) is 22.4 Å². The molecule has 1 aromatic rings. The molecule has 3 N–H and O–H groups in total. The Labute approximate surface area is 77.0 Å². The Balaban J connectivity index is 2.73. The Morgan fingerprint density at radius 3 is 2.83 bits per heavy atom. The van der Waals surface area contributed by atoms with Crippen LogP contribution in [0.1, 0.15) is 18.0 Å². The quantitative estimate of drug-likeness (QED) is 0.754. The van der Waals surface area contributed by atoms with Crippen molar-refractivity contribution in [2.75, 3.05) is 6.61 Å². The summed E-state index contributed by atoms with van der Waals surface area (Å²) in [7, 11) is 0. The third-order valence-corrected chi connectivity index (χ3v) is 1.95. The molecule has 0 bridgehead atoms. The molecule has 1 aromatic carbocycles. The van der Waals surface area contributed by atoms with Gasteiger partial charge in [-0.15, -0.1) is 0 Å². The van der Waals surface area contributed by atoms with Crippen molar-refractivity contribution in [2.24, 2.45) is 5.73 Å². The Hall–Kier alpha value is -0.570. The highest BCUT2D eigenvalue weighted by atomic mass is 35.5. The number of hydrogen-bond donors (Lipinski definition) is 2. The van der Waals surface area contributed by atoms with Crippen molar-refractivity contribution >= 4 is 11.6 Å². The van der Waals surface area contributed by atoms with Gasteiger partial charge in [-0.1, -0.05) is 23.7 Å². The van der Waals surface area contributed by atoms with Crippen LogP contribution in [0, 0.1) is 0 Å². The van der Waals surface area contributed by atoms with Gasteiger partial charge in [-0.05, 0) is 24.1 Å². The Morgan fingerprint density at radius 2 is 2.25 bits per heavy atom. The van der Waals surface area contributed by atoms with Crippen molar-refractivity contribution < 1.29 is 5.11 Å². The third-order valence-electron chi connectivity index (χ3n) is 1.72. The maximum Gasteiger partial charge on any atom is 0.0449 e. The first kappa shape index (κ1) is 9.52. The van der Waals surface area contributed by atoms with Crippen LogP contribution in [-0.2, 0) is 0 Å². The number of hydrogen-bond acceptors (Lipinski definition) is 2. The van der Waals surface area contributed by atoms with E-state index in [2.05, 4.69) is 0 Å². The SMILES string of the molecule is N[C@H](CCO)c1cccc(Cl)c1. The van der Waals surface area contributed by atoms with Crippen molar-refractivity contribution in [1.82, 2.24) is 0 Å². The van der Waals surface area contributed by atoms with Crippen molar-refractivity contribution in [3.8, 4) is 0 Å². The first-order valence-corrected chi connectivity index (χ1v) is 4.23. The fourth-order valence-corrected chi connectivity index (χ4v) is 1.24. The van der Waals surface area contributed by atoms with Crippen LogP contribution in [0.3, 0.4) is 0 Å². The van der Waals surface area contributed by atoms with E-state index in [-0.39, 0.29) is 12.6 Å². The summed E-state index contributed by atoms with van der Waals surface area (Å²) in [6.45, 7) is 0.105. The molecule has 0 heterocycles. The Kier molecular flexibility index (Phi) is 3.53. The lowest BCUT2D eigenvalue weighted by atomic mass is 10.1. The molecule has 0 saturated heterocycles. The molecule has 0 fully saturated rings. The van der Waals surface area contributed by atoms with Gasteiger partial charge in [-0.3, -0.25) is 0 Å². The monoisotopic (exact) mass is 185 g/mol. The van der Waals surface area contributed by atoms with Crippen molar-refractivity contribution in [3.05, 3.63) is 34.9 Å². The molecule has 0 radical (unpaired) electrons. The number of halogens is 1. The second-order valence-electron chi connectivity index (χ2n) is 2.67. The summed E-state index contributed by atoms with van der Waals surface area (Å²) < 4.78 is 0. The second-order valence-corrected chi connectivity index (χ2v) is 3.11. The van der Waals surface area contributed by atoms with Crippen molar-refractivity contribution in [2.45, 2.75) is 12.5 Å². The van der Waals surface area contributed by atoms with Crippen molar-refractivity contribution in [1.29, 1.82) is 0 Å². The van der Waals surface area contributed by atoms with E-state index >= 15 is 0 Å². The molecule has 0 aliphatic carbocycles. The van der Waals surface area contributed by atoms with Gasteiger partial charge < -0.3 is 10.8 Å². The molecule has 0 aliphatic heterocycles. The average Bonchev–Trinajstić information content (AvgIpc) is 2.05. The summed E-state index contributed by atoms with van der Waals surface area (Å²) in [4.78, 5) is 0. The van der Waals surface area contributed by atoms with Gasteiger partial charge in [-0.2, -0.15) is 0 Å². The fourth-order valence-electron chi connectivity index (χ4n) is 1.04. The van der Waals surface area contributed by atoms with Gasteiger partial charge in [0, 0.05) is 17.7 Å². The molecule has 0 saturated carbocycles. The normalized spacial score (nSPS) is 12.9. The molecule has 0 unspecified atom stereocenters. The predicted octanol–water partition coefficient (Wildman–Crippen LogP) is 1.72. The Bertz CT molecular complexity index is 252. The number of aliphatic hydroxyl groups excluding tert-OH is 1. The van der Waals surface area contributed by atoms with Crippen LogP contribution >= 0.6 is 11.6 Å². The van der Waals surface area contributed by atoms with Crippen molar-refractivity contribution in [3.63, 3.8) is 0 Å². The first-order valence-electron chi connectivity index (χ1n) is 3.86. The van der Waals surface area contributed by atoms with Gasteiger partial charge >= 0.3 is 0 Å². The molecule has 3 heteroatoms. The minimum absolute atomic E-state index is 0.105. The average molecular weight is 186 g/mol. The third kappa shape index (κ3) is 2.48. The van der Waals surface area contributed by atoms with Gasteiger partial charge in [-0.25, -0.2) is 0 Å². The summed E-state index contributed by atoms with van der Waals surface area (Å²) in [6, 6.07) is 7.27. The first-order chi connectivity index (χ1) is 5.74. The number of benzene rings is 1. The maximum atomic E-state index is 8.65. The summed E-state index contributed by atoms with van der Waals surface area (Å²) in [5.41, 5.74) is 6.72. The fraction of sp³-hybridized carbons (Fsp3) is 0.333. The van der Waals surface area contributed by atoms with Crippen LogP contribution in [0.4, 0.5) is 0 Å². The summed E-state index contributed by atoms with van der Waals surface area (Å²) in [5, 5.41) is 9.34. The van der Waals surface area contributed by atoms with Gasteiger partial charge in [0.25, 0.3) is 0 Å². The molecule has 12 heavy (non-hydrogen) atoms. The lowest BCUT2D eigenvalue weighted by Crippen LogP contribution is -2.11. The number of rotatable bonds is 3. The van der Waals surface area contributed by atoms with E-state index in [1.165, 1.54) is 0 Å². The van der Waals surface area contributed by atoms with E-state index in [0.717, 1.165) is 5.56 Å². The lowest BCUT2D eigenvalue weighted by molar-refractivity contribution is 0.276. The standard InChI is InChI=1S/C9H12ClNO/c10-8-3-1-2-7(6-8)9(11)4-5-12/h1-3,6,9,12H,4-5,11H2/t9-/m1/s1. The largest absolute Gasteiger partial charge is 0.396 e. The van der Waals surface area contributed by atoms with E-state index in [1.807, 2.05) is 18.2 Å². The highest BCUT2D eigenvalue weighted by Crippen LogP contribution is 2.17. The van der Waals surface area contributed by atoms with Gasteiger partial charge in [0.2, 0.25) is 0 Å². The molecular formula is C9H12ClNO. The molecule has 0 aliphatic rings. The topological polar surface area (TPSA) is 46.2 Å². The van der Waals surface area contributed by atoms with Crippen LogP contribution < -0.4 is 5.73 Å². The zero-order valence-corrected chi connectivity index (χ0v) is 7.46. The smallest absolute Gasteiger partial charge is 0.0449 e. The Morgan fingerprint density at radius 1 is 1.50 bits per heavy atom. The van der Waals surface area contributed by atoms with E-state index in [9.17, 15) is 0 Å². The van der Waals surface area contributed by atoms with E-state index in [0.29, 0.717) is 11.4 Å². The van der Waals surface area contributed by atoms with E-state index in [1.54, 1.807) is 6.07 Å². The second kappa shape index (κ2) is 4.45. The minimum atomic E-state index is -0.117. The molecule has 2 nitrogen and oxygen atoms in total. The molecule has 0 spiro atoms. The zero-order valence-electron chi connectivity index (χ0n) is 6.70. The molecule has 66 valence electrons. The molecule has 1 rings (SSSR count). The van der Waals surface area contributed by atoms with E-state index < -0.39 is 0 Å². The van der Waals surface area contributed by atoms with Gasteiger partial charge in [0.05, 0.1) is 0 Å².